The quantitative estimate of drug-likeness (QED) is 0.772. The van der Waals surface area contributed by atoms with Crippen molar-refractivity contribution in [2.45, 2.75) is 20.3 Å². The third kappa shape index (κ3) is 3.23. The van der Waals surface area contributed by atoms with Gasteiger partial charge in [0.1, 0.15) is 5.75 Å². The molecule has 1 aliphatic rings. The molecule has 0 unspecified atom stereocenters. The fourth-order valence-corrected chi connectivity index (χ4v) is 2.53. The van der Waals surface area contributed by atoms with Gasteiger partial charge in [-0.3, -0.25) is 4.79 Å². The van der Waals surface area contributed by atoms with Crippen molar-refractivity contribution in [2.75, 3.05) is 11.6 Å². The highest BCUT2D eigenvalue weighted by Crippen LogP contribution is 2.27. The zero-order chi connectivity index (χ0) is 16.9. The minimum Gasteiger partial charge on any atom is -0.493 e. The van der Waals surface area contributed by atoms with Crippen LogP contribution in [0.5, 0.6) is 5.75 Å². The molecule has 4 nitrogen and oxygen atoms in total. The first kappa shape index (κ1) is 16.0. The Hall–Kier alpha value is -2.88. The number of rotatable bonds is 5. The molecule has 3 rings (SSSR count). The van der Waals surface area contributed by atoms with Crippen molar-refractivity contribution in [1.82, 2.24) is 0 Å². The first-order valence-electron chi connectivity index (χ1n) is 8.09. The lowest BCUT2D eigenvalue weighted by Crippen LogP contribution is -2.21. The summed E-state index contributed by atoms with van der Waals surface area (Å²) in [5, 5.41) is 5.84. The molecule has 0 spiro atoms. The number of benzene rings is 2. The number of amides is 1. The van der Waals surface area contributed by atoms with Gasteiger partial charge in [0.2, 0.25) is 0 Å². The van der Waals surface area contributed by atoms with Crippen molar-refractivity contribution in [3.05, 3.63) is 65.7 Å². The van der Waals surface area contributed by atoms with Crippen LogP contribution in [-0.4, -0.2) is 18.2 Å². The van der Waals surface area contributed by atoms with E-state index in [4.69, 9.17) is 4.74 Å². The maximum absolute atomic E-state index is 12.7. The fraction of sp³-hybridized carbons (Fsp3) is 0.200. The molecule has 0 N–H and O–H groups in total. The van der Waals surface area contributed by atoms with Gasteiger partial charge in [-0.1, -0.05) is 43.3 Å². The summed E-state index contributed by atoms with van der Waals surface area (Å²) in [4.78, 5) is 12.7. The molecule has 1 amide bonds. The second-order valence-electron chi connectivity index (χ2n) is 5.58. The fourth-order valence-electron chi connectivity index (χ4n) is 2.53. The number of ether oxygens (including phenoxy) is 1. The molecule has 0 saturated heterocycles. The summed E-state index contributed by atoms with van der Waals surface area (Å²) in [6, 6.07) is 17.2. The lowest BCUT2D eigenvalue weighted by atomic mass is 10.1. The largest absolute Gasteiger partial charge is 0.493 e. The van der Waals surface area contributed by atoms with Gasteiger partial charge in [-0.15, -0.1) is 0 Å². The molecule has 4 heteroatoms. The molecule has 0 atom stereocenters. The van der Waals surface area contributed by atoms with Crippen molar-refractivity contribution >= 4 is 23.4 Å². The third-order valence-corrected chi connectivity index (χ3v) is 3.74. The highest BCUT2D eigenvalue weighted by Gasteiger charge is 2.28. The molecule has 24 heavy (non-hydrogen) atoms. The van der Waals surface area contributed by atoms with E-state index in [1.54, 1.807) is 0 Å². The number of hydrazone groups is 1. The summed E-state index contributed by atoms with van der Waals surface area (Å²) in [6.07, 6.45) is 2.79. The minimum atomic E-state index is -0.121. The molecule has 0 fully saturated rings. The van der Waals surface area contributed by atoms with Crippen LogP contribution in [0.15, 0.2) is 65.3 Å². The van der Waals surface area contributed by atoms with Crippen LogP contribution >= 0.6 is 0 Å². The number of para-hydroxylation sites is 2. The molecule has 122 valence electrons. The van der Waals surface area contributed by atoms with Crippen molar-refractivity contribution < 1.29 is 9.53 Å². The summed E-state index contributed by atoms with van der Waals surface area (Å²) in [5.74, 6) is 0.662. The van der Waals surface area contributed by atoms with Gasteiger partial charge in [-0.05, 0) is 37.6 Å². The maximum Gasteiger partial charge on any atom is 0.280 e. The Morgan fingerprint density at radius 1 is 1.08 bits per heavy atom. The number of hydrogen-bond donors (Lipinski definition) is 0. The monoisotopic (exact) mass is 320 g/mol. The summed E-state index contributed by atoms with van der Waals surface area (Å²) < 4.78 is 5.77. The Morgan fingerprint density at radius 3 is 2.54 bits per heavy atom. The van der Waals surface area contributed by atoms with Gasteiger partial charge in [0.15, 0.2) is 0 Å². The number of nitrogens with zero attached hydrogens (tertiary/aromatic N) is 2. The van der Waals surface area contributed by atoms with E-state index in [9.17, 15) is 4.79 Å². The van der Waals surface area contributed by atoms with Crippen LogP contribution in [0.25, 0.3) is 6.08 Å². The molecular formula is C20H20N2O2. The Bertz CT molecular complexity index is 794. The zero-order valence-electron chi connectivity index (χ0n) is 13.9. The van der Waals surface area contributed by atoms with Crippen LogP contribution in [0.1, 0.15) is 25.8 Å². The topological polar surface area (TPSA) is 41.9 Å². The number of hydrogen-bond acceptors (Lipinski definition) is 3. The van der Waals surface area contributed by atoms with Gasteiger partial charge < -0.3 is 4.74 Å². The predicted octanol–water partition coefficient (Wildman–Crippen LogP) is 4.28. The second-order valence-corrected chi connectivity index (χ2v) is 5.58. The molecule has 0 radical (unpaired) electrons. The maximum atomic E-state index is 12.7. The smallest absolute Gasteiger partial charge is 0.280 e. The van der Waals surface area contributed by atoms with Gasteiger partial charge in [-0.2, -0.15) is 10.1 Å². The highest BCUT2D eigenvalue weighted by molar-refractivity contribution is 6.32. The first-order valence-corrected chi connectivity index (χ1v) is 8.09. The summed E-state index contributed by atoms with van der Waals surface area (Å²) >= 11 is 0. The predicted molar refractivity (Wildman–Crippen MR) is 97.2 cm³/mol. The molecule has 0 bridgehead atoms. The molecule has 2 aromatic rings. The first-order chi connectivity index (χ1) is 11.7. The number of carbonyl (C=O) groups excluding carboxylic acids is 1. The van der Waals surface area contributed by atoms with Crippen molar-refractivity contribution in [3.8, 4) is 5.75 Å². The van der Waals surface area contributed by atoms with E-state index in [1.807, 2.05) is 67.6 Å². The van der Waals surface area contributed by atoms with Crippen molar-refractivity contribution in [1.29, 1.82) is 0 Å². The van der Waals surface area contributed by atoms with Crippen LogP contribution in [0.3, 0.4) is 0 Å². The molecular weight excluding hydrogens is 300 g/mol. The van der Waals surface area contributed by atoms with E-state index in [0.717, 1.165) is 23.4 Å². The highest BCUT2D eigenvalue weighted by atomic mass is 16.5. The second kappa shape index (κ2) is 7.13. The molecule has 0 saturated carbocycles. The molecule has 1 aliphatic heterocycles. The molecule has 0 aliphatic carbocycles. The van der Waals surface area contributed by atoms with Gasteiger partial charge in [-0.25, -0.2) is 0 Å². The molecule has 1 heterocycles. The SMILES string of the molecule is CCCOc1ccccc1/C=C1/C(=O)N(c2ccccc2)N=C1C. The van der Waals surface area contributed by atoms with E-state index in [-0.39, 0.29) is 5.91 Å². The Morgan fingerprint density at radius 2 is 1.79 bits per heavy atom. The number of carbonyl (C=O) groups is 1. The average Bonchev–Trinajstić information content (AvgIpc) is 2.90. The summed E-state index contributed by atoms with van der Waals surface area (Å²) in [5.41, 5.74) is 2.94. The summed E-state index contributed by atoms with van der Waals surface area (Å²) in [6.45, 7) is 4.57. The van der Waals surface area contributed by atoms with E-state index in [1.165, 1.54) is 5.01 Å². The average molecular weight is 320 g/mol. The van der Waals surface area contributed by atoms with E-state index in [0.29, 0.717) is 17.9 Å². The Balaban J connectivity index is 1.92. The van der Waals surface area contributed by atoms with Gasteiger partial charge in [0.25, 0.3) is 5.91 Å². The van der Waals surface area contributed by atoms with E-state index >= 15 is 0 Å². The van der Waals surface area contributed by atoms with Gasteiger partial charge in [0, 0.05) is 5.56 Å². The van der Waals surface area contributed by atoms with Crippen LogP contribution in [0, 0.1) is 0 Å². The molecule has 2 aromatic carbocycles. The standard InChI is InChI=1S/C20H20N2O2/c1-3-13-24-19-12-8-7-9-16(19)14-18-15(2)21-22(20(18)23)17-10-5-4-6-11-17/h4-12,14H,3,13H2,1-2H3/b18-14+. The number of anilines is 1. The van der Waals surface area contributed by atoms with Gasteiger partial charge >= 0.3 is 0 Å². The van der Waals surface area contributed by atoms with Crippen LogP contribution < -0.4 is 9.75 Å². The van der Waals surface area contributed by atoms with Crippen LogP contribution in [0.2, 0.25) is 0 Å². The van der Waals surface area contributed by atoms with Crippen LogP contribution in [0.4, 0.5) is 5.69 Å². The lowest BCUT2D eigenvalue weighted by Gasteiger charge is -2.11. The Kier molecular flexibility index (Phi) is 4.75. The summed E-state index contributed by atoms with van der Waals surface area (Å²) in [7, 11) is 0. The third-order valence-electron chi connectivity index (χ3n) is 3.74. The minimum absolute atomic E-state index is 0.121. The zero-order valence-corrected chi connectivity index (χ0v) is 13.9. The molecule has 0 aromatic heterocycles. The van der Waals surface area contributed by atoms with Gasteiger partial charge in [0.05, 0.1) is 23.6 Å². The van der Waals surface area contributed by atoms with Crippen molar-refractivity contribution in [3.63, 3.8) is 0 Å². The normalized spacial score (nSPS) is 15.8. The van der Waals surface area contributed by atoms with Crippen molar-refractivity contribution in [2.24, 2.45) is 5.10 Å². The lowest BCUT2D eigenvalue weighted by molar-refractivity contribution is -0.114. The Labute approximate surface area is 142 Å². The van der Waals surface area contributed by atoms with Crippen LogP contribution in [-0.2, 0) is 4.79 Å². The van der Waals surface area contributed by atoms with E-state index < -0.39 is 0 Å². The van der Waals surface area contributed by atoms with E-state index in [2.05, 4.69) is 12.0 Å².